The molecule has 118 valence electrons. The zero-order valence-electron chi connectivity index (χ0n) is 12.1. The molecule has 0 amide bonds. The Morgan fingerprint density at radius 1 is 1.17 bits per heavy atom. The number of sulfonamides is 1. The fourth-order valence-corrected chi connectivity index (χ4v) is 3.38. The minimum Gasteiger partial charge on any atom is -0.334 e. The smallest absolute Gasteiger partial charge is 0.261 e. The third-order valence-electron chi connectivity index (χ3n) is 3.25. The van der Waals surface area contributed by atoms with Crippen LogP contribution in [0.25, 0.3) is 11.3 Å². The van der Waals surface area contributed by atoms with Crippen LogP contribution in [0, 0.1) is 0 Å². The molecule has 0 aliphatic carbocycles. The summed E-state index contributed by atoms with van der Waals surface area (Å²) >= 11 is 6.03. The number of nitrogens with one attached hydrogen (secondary N) is 1. The summed E-state index contributed by atoms with van der Waals surface area (Å²) in [6.45, 7) is 0. The third-order valence-corrected chi connectivity index (χ3v) is 4.93. The van der Waals surface area contributed by atoms with E-state index in [2.05, 4.69) is 14.7 Å². The average molecular weight is 349 g/mol. The molecule has 0 fully saturated rings. The van der Waals surface area contributed by atoms with Crippen molar-refractivity contribution >= 4 is 27.3 Å². The summed E-state index contributed by atoms with van der Waals surface area (Å²) in [5, 5.41) is 0.0791. The number of benzene rings is 1. The Bertz CT molecular complexity index is 939. The number of aryl methyl sites for hydroxylation is 1. The summed E-state index contributed by atoms with van der Waals surface area (Å²) in [7, 11) is -1.89. The minimum atomic E-state index is -3.73. The highest BCUT2D eigenvalue weighted by Crippen LogP contribution is 2.28. The molecule has 0 spiro atoms. The standard InChI is InChI=1S/C15H13ClN4O2S/c1-20-10-17-9-14(20)11-7-13(15(16)18-8-11)19-23(21,22)12-5-3-2-4-6-12/h2-10,19H,1H3. The maximum atomic E-state index is 12.4. The van der Waals surface area contributed by atoms with Crippen LogP contribution >= 0.6 is 11.6 Å². The largest absolute Gasteiger partial charge is 0.334 e. The lowest BCUT2D eigenvalue weighted by molar-refractivity contribution is 0.601. The summed E-state index contributed by atoms with van der Waals surface area (Å²) in [5.41, 5.74) is 1.73. The molecule has 8 heteroatoms. The maximum Gasteiger partial charge on any atom is 0.261 e. The Morgan fingerprint density at radius 3 is 2.57 bits per heavy atom. The van der Waals surface area contributed by atoms with Gasteiger partial charge in [-0.15, -0.1) is 0 Å². The van der Waals surface area contributed by atoms with E-state index in [1.54, 1.807) is 47.6 Å². The Balaban J connectivity index is 1.99. The Kier molecular flexibility index (Phi) is 4.06. The number of nitrogens with zero attached hydrogens (tertiary/aromatic N) is 3. The van der Waals surface area contributed by atoms with E-state index in [9.17, 15) is 8.42 Å². The first-order chi connectivity index (χ1) is 11.0. The van der Waals surface area contributed by atoms with Crippen molar-refractivity contribution in [2.75, 3.05) is 4.72 Å². The molecular weight excluding hydrogens is 336 g/mol. The van der Waals surface area contributed by atoms with Gasteiger partial charge in [0.05, 0.1) is 28.8 Å². The first-order valence-electron chi connectivity index (χ1n) is 6.67. The van der Waals surface area contributed by atoms with Crippen molar-refractivity contribution in [2.45, 2.75) is 4.90 Å². The highest BCUT2D eigenvalue weighted by molar-refractivity contribution is 7.92. The molecule has 23 heavy (non-hydrogen) atoms. The van der Waals surface area contributed by atoms with Crippen molar-refractivity contribution in [3.63, 3.8) is 0 Å². The van der Waals surface area contributed by atoms with Gasteiger partial charge in [0.1, 0.15) is 0 Å². The summed E-state index contributed by atoms with van der Waals surface area (Å²) in [6, 6.07) is 9.70. The predicted molar refractivity (Wildman–Crippen MR) is 88.7 cm³/mol. The molecule has 0 saturated carbocycles. The van der Waals surface area contributed by atoms with Crippen molar-refractivity contribution in [1.82, 2.24) is 14.5 Å². The molecule has 6 nitrogen and oxygen atoms in total. The van der Waals surface area contributed by atoms with E-state index in [1.165, 1.54) is 12.1 Å². The molecular formula is C15H13ClN4O2S. The van der Waals surface area contributed by atoms with E-state index in [1.807, 2.05) is 7.05 Å². The molecule has 0 bridgehead atoms. The van der Waals surface area contributed by atoms with Gasteiger partial charge in [-0.2, -0.15) is 0 Å². The monoisotopic (exact) mass is 348 g/mol. The summed E-state index contributed by atoms with van der Waals surface area (Å²) in [5.74, 6) is 0. The Hall–Kier alpha value is -2.38. The van der Waals surface area contributed by atoms with Crippen LogP contribution in [0.2, 0.25) is 5.15 Å². The molecule has 0 unspecified atom stereocenters. The number of hydrogen-bond acceptors (Lipinski definition) is 4. The lowest BCUT2D eigenvalue weighted by Gasteiger charge is -2.11. The van der Waals surface area contributed by atoms with Crippen molar-refractivity contribution < 1.29 is 8.42 Å². The molecule has 3 aromatic rings. The summed E-state index contributed by atoms with van der Waals surface area (Å²) < 4.78 is 29.1. The number of anilines is 1. The second-order valence-corrected chi connectivity index (χ2v) is 6.91. The van der Waals surface area contributed by atoms with Crippen LogP contribution in [0.3, 0.4) is 0 Å². The van der Waals surface area contributed by atoms with E-state index < -0.39 is 10.0 Å². The van der Waals surface area contributed by atoms with Crippen LogP contribution < -0.4 is 4.72 Å². The van der Waals surface area contributed by atoms with Crippen LogP contribution in [0.4, 0.5) is 5.69 Å². The van der Waals surface area contributed by atoms with Crippen molar-refractivity contribution in [1.29, 1.82) is 0 Å². The van der Waals surface area contributed by atoms with Gasteiger partial charge >= 0.3 is 0 Å². The first-order valence-corrected chi connectivity index (χ1v) is 8.53. The van der Waals surface area contributed by atoms with Gasteiger partial charge in [-0.3, -0.25) is 4.72 Å². The summed E-state index contributed by atoms with van der Waals surface area (Å²) in [6.07, 6.45) is 4.89. The predicted octanol–water partition coefficient (Wildman–Crippen LogP) is 2.94. The fraction of sp³-hybridized carbons (Fsp3) is 0.0667. The van der Waals surface area contributed by atoms with E-state index in [0.717, 1.165) is 5.69 Å². The van der Waals surface area contributed by atoms with Gasteiger partial charge < -0.3 is 4.57 Å². The minimum absolute atomic E-state index is 0.0791. The van der Waals surface area contributed by atoms with E-state index in [-0.39, 0.29) is 15.7 Å². The molecule has 0 aliphatic heterocycles. The molecule has 0 radical (unpaired) electrons. The lowest BCUT2D eigenvalue weighted by Crippen LogP contribution is -2.13. The quantitative estimate of drug-likeness (QED) is 0.735. The van der Waals surface area contributed by atoms with Gasteiger partial charge in [-0.05, 0) is 18.2 Å². The number of halogens is 1. The van der Waals surface area contributed by atoms with Gasteiger partial charge in [0.15, 0.2) is 5.15 Å². The topological polar surface area (TPSA) is 76.9 Å². The SMILES string of the molecule is Cn1cncc1-c1cnc(Cl)c(NS(=O)(=O)c2ccccc2)c1. The van der Waals surface area contributed by atoms with Gasteiger partial charge in [0.25, 0.3) is 10.0 Å². The molecule has 0 atom stereocenters. The molecule has 3 rings (SSSR count). The van der Waals surface area contributed by atoms with Gasteiger partial charge in [0, 0.05) is 18.8 Å². The highest BCUT2D eigenvalue weighted by atomic mass is 35.5. The number of rotatable bonds is 4. The fourth-order valence-electron chi connectivity index (χ4n) is 2.10. The van der Waals surface area contributed by atoms with Crippen LogP contribution in [-0.2, 0) is 17.1 Å². The van der Waals surface area contributed by atoms with Crippen LogP contribution in [0.1, 0.15) is 0 Å². The molecule has 1 aromatic carbocycles. The lowest BCUT2D eigenvalue weighted by atomic mass is 10.2. The van der Waals surface area contributed by atoms with Gasteiger partial charge in [-0.25, -0.2) is 18.4 Å². The summed E-state index contributed by atoms with van der Waals surface area (Å²) in [4.78, 5) is 8.24. The molecule has 0 saturated heterocycles. The molecule has 2 heterocycles. The van der Waals surface area contributed by atoms with Gasteiger partial charge in [0.2, 0.25) is 0 Å². The number of imidazole rings is 1. The van der Waals surface area contributed by atoms with Crippen LogP contribution in [0.15, 0.2) is 60.0 Å². The van der Waals surface area contributed by atoms with Crippen LogP contribution in [-0.4, -0.2) is 23.0 Å². The van der Waals surface area contributed by atoms with Gasteiger partial charge in [-0.1, -0.05) is 29.8 Å². The third kappa shape index (κ3) is 3.20. The second-order valence-electron chi connectivity index (χ2n) is 4.87. The second kappa shape index (κ2) is 6.02. The van der Waals surface area contributed by atoms with Crippen molar-refractivity contribution in [2.24, 2.45) is 7.05 Å². The molecule has 1 N–H and O–H groups in total. The van der Waals surface area contributed by atoms with Crippen molar-refractivity contribution in [3.8, 4) is 11.3 Å². The zero-order chi connectivity index (χ0) is 16.4. The number of aromatic nitrogens is 3. The normalized spacial score (nSPS) is 11.4. The Labute approximate surface area is 138 Å². The average Bonchev–Trinajstić information content (AvgIpc) is 2.96. The maximum absolute atomic E-state index is 12.4. The zero-order valence-corrected chi connectivity index (χ0v) is 13.7. The molecule has 2 aromatic heterocycles. The van der Waals surface area contributed by atoms with E-state index in [0.29, 0.717) is 5.56 Å². The van der Waals surface area contributed by atoms with E-state index in [4.69, 9.17) is 11.6 Å². The van der Waals surface area contributed by atoms with Crippen molar-refractivity contribution in [3.05, 3.63) is 60.3 Å². The number of hydrogen-bond donors (Lipinski definition) is 1. The van der Waals surface area contributed by atoms with E-state index >= 15 is 0 Å². The highest BCUT2D eigenvalue weighted by Gasteiger charge is 2.17. The first kappa shape index (κ1) is 15.5. The Morgan fingerprint density at radius 2 is 1.91 bits per heavy atom. The number of pyridine rings is 1. The molecule has 0 aliphatic rings. The van der Waals surface area contributed by atoms with Crippen LogP contribution in [0.5, 0.6) is 0 Å².